The topological polar surface area (TPSA) is 78.8 Å². The molecule has 0 aliphatic heterocycles. The second kappa shape index (κ2) is 5.22. The van der Waals surface area contributed by atoms with Crippen LogP contribution in [0.3, 0.4) is 0 Å². The first-order chi connectivity index (χ1) is 8.27. The molecule has 0 aromatic carbocycles. The summed E-state index contributed by atoms with van der Waals surface area (Å²) >= 11 is 1.29. The quantitative estimate of drug-likeness (QED) is 0.381. The van der Waals surface area contributed by atoms with Crippen molar-refractivity contribution in [2.75, 3.05) is 0 Å². The summed E-state index contributed by atoms with van der Waals surface area (Å²) in [6, 6.07) is 8.77. The van der Waals surface area contributed by atoms with Gasteiger partial charge in [-0.2, -0.15) is 0 Å². The van der Waals surface area contributed by atoms with Gasteiger partial charge in [0.1, 0.15) is 4.88 Å². The van der Waals surface area contributed by atoms with E-state index in [0.29, 0.717) is 10.6 Å². The summed E-state index contributed by atoms with van der Waals surface area (Å²) < 4.78 is 0. The minimum atomic E-state index is -0.515. The Labute approximate surface area is 102 Å². The summed E-state index contributed by atoms with van der Waals surface area (Å²) in [4.78, 5) is 19.5. The summed E-state index contributed by atoms with van der Waals surface area (Å²) in [5, 5.41) is 5.36. The van der Waals surface area contributed by atoms with Crippen LogP contribution in [0.5, 0.6) is 0 Å². The molecule has 5 nitrogen and oxygen atoms in total. The highest BCUT2D eigenvalue weighted by Crippen LogP contribution is 2.09. The molecule has 0 radical (unpaired) electrons. The minimum Gasteiger partial charge on any atom is -0.375 e. The number of rotatable bonds is 3. The van der Waals surface area contributed by atoms with E-state index >= 15 is 0 Å². The van der Waals surface area contributed by atoms with Crippen molar-refractivity contribution in [1.29, 1.82) is 0 Å². The fourth-order valence-electron chi connectivity index (χ4n) is 1.13. The average molecular weight is 248 g/mol. The van der Waals surface area contributed by atoms with Crippen molar-refractivity contribution >= 4 is 23.1 Å². The number of nitrogens with zero attached hydrogens (tertiary/aromatic N) is 1. The SMILES string of the molecule is NC(=NOC(=O)c1cccs1)c1cccc[nH+]1. The average Bonchev–Trinajstić information content (AvgIpc) is 2.90. The second-order valence-electron chi connectivity index (χ2n) is 3.11. The fourth-order valence-corrected chi connectivity index (χ4v) is 1.73. The van der Waals surface area contributed by atoms with Crippen LogP contribution >= 0.6 is 11.3 Å². The molecule has 2 aromatic rings. The number of carbonyl (C=O) groups excluding carboxylic acids is 1. The summed E-state index contributed by atoms with van der Waals surface area (Å²) in [5.74, 6) is -0.394. The highest BCUT2D eigenvalue weighted by Gasteiger charge is 2.10. The van der Waals surface area contributed by atoms with E-state index in [0.717, 1.165) is 0 Å². The van der Waals surface area contributed by atoms with Gasteiger partial charge in [-0.25, -0.2) is 9.78 Å². The van der Waals surface area contributed by atoms with Crippen LogP contribution in [-0.4, -0.2) is 11.8 Å². The Morgan fingerprint density at radius 3 is 2.88 bits per heavy atom. The number of hydrogen-bond donors (Lipinski definition) is 1. The minimum absolute atomic E-state index is 0.121. The lowest BCUT2D eigenvalue weighted by Gasteiger charge is -1.95. The molecule has 0 bridgehead atoms. The van der Waals surface area contributed by atoms with Gasteiger partial charge in [0.15, 0.2) is 6.20 Å². The first kappa shape index (κ1) is 11.3. The Balaban J connectivity index is 2.04. The first-order valence-electron chi connectivity index (χ1n) is 4.83. The van der Waals surface area contributed by atoms with E-state index < -0.39 is 5.97 Å². The maximum Gasteiger partial charge on any atom is 0.375 e. The number of pyridine rings is 1. The molecule has 3 N–H and O–H groups in total. The Bertz CT molecular complexity index is 523. The monoisotopic (exact) mass is 248 g/mol. The molecule has 0 atom stereocenters. The molecule has 0 fully saturated rings. The third kappa shape index (κ3) is 2.88. The predicted octanol–water partition coefficient (Wildman–Crippen LogP) is 1.04. The summed E-state index contributed by atoms with van der Waals surface area (Å²) in [5.41, 5.74) is 6.23. The molecule has 2 rings (SSSR count). The first-order valence-corrected chi connectivity index (χ1v) is 5.71. The lowest BCUT2D eigenvalue weighted by Crippen LogP contribution is -2.24. The van der Waals surface area contributed by atoms with Gasteiger partial charge in [0, 0.05) is 12.1 Å². The lowest BCUT2D eigenvalue weighted by molar-refractivity contribution is -0.380. The van der Waals surface area contributed by atoms with Crippen molar-refractivity contribution in [3.05, 3.63) is 52.5 Å². The largest absolute Gasteiger partial charge is 0.375 e. The van der Waals surface area contributed by atoms with E-state index in [4.69, 9.17) is 10.6 Å². The molecular weight excluding hydrogens is 238 g/mol. The summed E-state index contributed by atoms with van der Waals surface area (Å²) in [6.45, 7) is 0. The molecule has 2 aromatic heterocycles. The second-order valence-corrected chi connectivity index (χ2v) is 4.06. The standard InChI is InChI=1S/C11H9N3O2S/c12-10(8-4-1-2-6-13-8)14-16-11(15)9-5-3-7-17-9/h1-7H,(H2,12,14)/p+1. The number of thiophene rings is 1. The van der Waals surface area contributed by atoms with Gasteiger partial charge < -0.3 is 10.6 Å². The van der Waals surface area contributed by atoms with E-state index in [1.807, 2.05) is 6.07 Å². The summed E-state index contributed by atoms with van der Waals surface area (Å²) in [7, 11) is 0. The van der Waals surface area contributed by atoms with Crippen LogP contribution in [0.4, 0.5) is 0 Å². The zero-order valence-electron chi connectivity index (χ0n) is 8.79. The smallest absolute Gasteiger partial charge is 0.375 e. The Kier molecular flexibility index (Phi) is 3.46. The molecule has 2 heterocycles. The van der Waals surface area contributed by atoms with E-state index in [2.05, 4.69) is 10.1 Å². The van der Waals surface area contributed by atoms with E-state index in [1.165, 1.54) is 11.3 Å². The van der Waals surface area contributed by atoms with Gasteiger partial charge in [-0.15, -0.1) is 11.3 Å². The number of amidine groups is 1. The van der Waals surface area contributed by atoms with E-state index in [1.54, 1.807) is 35.8 Å². The molecule has 86 valence electrons. The number of oxime groups is 1. The van der Waals surface area contributed by atoms with Crippen LogP contribution in [0, 0.1) is 0 Å². The fraction of sp³-hybridized carbons (Fsp3) is 0. The lowest BCUT2D eigenvalue weighted by atomic mass is 10.3. The third-order valence-corrected chi connectivity index (χ3v) is 2.78. The van der Waals surface area contributed by atoms with Crippen molar-refractivity contribution < 1.29 is 14.6 Å². The van der Waals surface area contributed by atoms with Gasteiger partial charge in [0.2, 0.25) is 11.5 Å². The van der Waals surface area contributed by atoms with Crippen LogP contribution in [0.15, 0.2) is 47.1 Å². The molecule has 17 heavy (non-hydrogen) atoms. The van der Waals surface area contributed by atoms with Gasteiger partial charge in [-0.05, 0) is 17.5 Å². The number of aromatic nitrogens is 1. The van der Waals surface area contributed by atoms with Crippen molar-refractivity contribution in [3.63, 3.8) is 0 Å². The number of H-pyrrole nitrogens is 1. The molecule has 0 saturated carbocycles. The van der Waals surface area contributed by atoms with Crippen LogP contribution in [0.2, 0.25) is 0 Å². The third-order valence-electron chi connectivity index (χ3n) is 1.93. The normalized spacial score (nSPS) is 11.2. The summed E-state index contributed by atoms with van der Waals surface area (Å²) in [6.07, 6.45) is 1.71. The van der Waals surface area contributed by atoms with Gasteiger partial charge in [-0.3, -0.25) is 0 Å². The van der Waals surface area contributed by atoms with E-state index in [9.17, 15) is 4.79 Å². The van der Waals surface area contributed by atoms with Gasteiger partial charge >= 0.3 is 5.97 Å². The van der Waals surface area contributed by atoms with Crippen molar-refractivity contribution in [2.24, 2.45) is 10.9 Å². The van der Waals surface area contributed by atoms with Crippen LogP contribution in [0.25, 0.3) is 0 Å². The van der Waals surface area contributed by atoms with Crippen LogP contribution in [-0.2, 0) is 4.84 Å². The van der Waals surface area contributed by atoms with Crippen molar-refractivity contribution in [3.8, 4) is 0 Å². The molecule has 0 aliphatic carbocycles. The zero-order chi connectivity index (χ0) is 12.1. The zero-order valence-corrected chi connectivity index (χ0v) is 9.61. The number of nitrogens with two attached hydrogens (primary N) is 1. The molecular formula is C11H10N3O2S+. The predicted molar refractivity (Wildman–Crippen MR) is 63.5 cm³/mol. The van der Waals surface area contributed by atoms with Crippen LogP contribution < -0.4 is 10.7 Å². The number of nitrogens with one attached hydrogen (secondary N) is 1. The highest BCUT2D eigenvalue weighted by atomic mass is 32.1. The van der Waals surface area contributed by atoms with Gasteiger partial charge in [-0.1, -0.05) is 11.2 Å². The Hall–Kier alpha value is -2.21. The van der Waals surface area contributed by atoms with Crippen LogP contribution in [0.1, 0.15) is 15.4 Å². The molecule has 0 saturated heterocycles. The highest BCUT2D eigenvalue weighted by molar-refractivity contribution is 7.11. The number of carbonyl (C=O) groups is 1. The molecule has 0 aliphatic rings. The number of aromatic amines is 1. The molecule has 0 spiro atoms. The van der Waals surface area contributed by atoms with Crippen molar-refractivity contribution in [1.82, 2.24) is 0 Å². The number of hydrogen-bond acceptors (Lipinski definition) is 4. The van der Waals surface area contributed by atoms with Gasteiger partial charge in [0.25, 0.3) is 0 Å². The van der Waals surface area contributed by atoms with E-state index in [-0.39, 0.29) is 5.84 Å². The Morgan fingerprint density at radius 1 is 1.35 bits per heavy atom. The molecule has 0 amide bonds. The molecule has 0 unspecified atom stereocenters. The van der Waals surface area contributed by atoms with Gasteiger partial charge in [0.05, 0.1) is 0 Å². The molecule has 6 heteroatoms. The Morgan fingerprint density at radius 2 is 2.24 bits per heavy atom. The maximum absolute atomic E-state index is 11.5. The maximum atomic E-state index is 11.5. The van der Waals surface area contributed by atoms with Crippen molar-refractivity contribution in [2.45, 2.75) is 0 Å².